The molecule has 0 bridgehead atoms. The van der Waals surface area contributed by atoms with Crippen LogP contribution in [0, 0.1) is 5.82 Å². The summed E-state index contributed by atoms with van der Waals surface area (Å²) in [5, 5.41) is 2.30. The zero-order valence-electron chi connectivity index (χ0n) is 42.5. The zero-order valence-corrected chi connectivity index (χ0v) is 42.5. The van der Waals surface area contributed by atoms with E-state index < -0.39 is 0 Å². The topological polar surface area (TPSA) is 33.5 Å². The minimum absolute atomic E-state index is 0.172. The Kier molecular flexibility index (Phi) is 12.2. The van der Waals surface area contributed by atoms with Crippen molar-refractivity contribution in [3.63, 3.8) is 0 Å². The largest absolute Gasteiger partial charge is 0.457 e. The summed E-state index contributed by atoms with van der Waals surface area (Å²) in [7, 11) is 0. The maximum absolute atomic E-state index is 15.5. The highest BCUT2D eigenvalue weighted by Crippen LogP contribution is 2.51. The highest BCUT2D eigenvalue weighted by Gasteiger charge is 2.33. The van der Waals surface area contributed by atoms with Crippen LogP contribution in [0.3, 0.4) is 0 Å². The highest BCUT2D eigenvalue weighted by atomic mass is 19.1. The van der Waals surface area contributed by atoms with Gasteiger partial charge in [-0.25, -0.2) is 9.37 Å². The number of hydrogen-bond acceptors (Lipinski definition) is 4. The van der Waals surface area contributed by atoms with Crippen molar-refractivity contribution in [1.29, 1.82) is 0 Å². The molecule has 72 heavy (non-hydrogen) atoms. The number of fused-ring (bicyclic) bond motifs is 4. The SMILES string of the molecule is CC(C)c1cc(-c2ccccc2)cc(C(C)C)c1-c1cc(Oc2ccc3c4ccccc4n(-c4ccccn4)c3c2)cc(N2CN(c3c(C(C)C)cc(-c4ccccc4F)cc3C(C)C)c3ccccc32)c1. The fourth-order valence-corrected chi connectivity index (χ4v) is 10.9. The van der Waals surface area contributed by atoms with Crippen molar-refractivity contribution < 1.29 is 9.13 Å². The van der Waals surface area contributed by atoms with Crippen LogP contribution in [0.15, 0.2) is 188 Å². The van der Waals surface area contributed by atoms with E-state index in [4.69, 9.17) is 9.72 Å². The number of aromatic nitrogens is 2. The summed E-state index contributed by atoms with van der Waals surface area (Å²) in [6.07, 6.45) is 1.85. The lowest BCUT2D eigenvalue weighted by Gasteiger charge is -2.30. The van der Waals surface area contributed by atoms with Gasteiger partial charge in [0.25, 0.3) is 0 Å². The molecule has 6 heteroatoms. The van der Waals surface area contributed by atoms with E-state index in [0.29, 0.717) is 12.2 Å². The molecule has 3 heterocycles. The third kappa shape index (κ3) is 8.38. The number of nitrogens with zero attached hydrogens (tertiary/aromatic N) is 4. The van der Waals surface area contributed by atoms with Crippen molar-refractivity contribution in [2.75, 3.05) is 16.5 Å². The summed E-state index contributed by atoms with van der Waals surface area (Å²) in [6, 6.07) is 63.6. The fourth-order valence-electron chi connectivity index (χ4n) is 10.9. The van der Waals surface area contributed by atoms with Gasteiger partial charge in [-0.15, -0.1) is 0 Å². The molecule has 0 amide bonds. The lowest BCUT2D eigenvalue weighted by Crippen LogP contribution is -2.26. The van der Waals surface area contributed by atoms with Gasteiger partial charge in [-0.1, -0.05) is 152 Å². The van der Waals surface area contributed by atoms with E-state index in [1.54, 1.807) is 12.1 Å². The molecule has 0 radical (unpaired) electrons. The standard InChI is InChI=1S/C66H61FN4O/c1-41(2)55-34-46(45-20-10-9-11-21-45)35-56(42(3)4)65(55)48-32-49(38-51(33-48)72-50-29-30-54-53-23-13-15-25-60(53)71(63(54)39-50)64-28-18-19-31-68-64)69-40-70(62-27-17-16-26-61(62)69)66-57(43(5)6)36-47(37-58(66)44(7)8)52-22-12-14-24-59(52)67/h9-39,41-44H,40H2,1-8H3. The van der Waals surface area contributed by atoms with Gasteiger partial charge in [0.15, 0.2) is 0 Å². The van der Waals surface area contributed by atoms with Gasteiger partial charge in [-0.3, -0.25) is 4.57 Å². The maximum Gasteiger partial charge on any atom is 0.137 e. The van der Waals surface area contributed by atoms with E-state index >= 15 is 4.39 Å². The zero-order chi connectivity index (χ0) is 49.8. The number of rotatable bonds is 12. The van der Waals surface area contributed by atoms with Crippen LogP contribution < -0.4 is 14.5 Å². The monoisotopic (exact) mass is 944 g/mol. The second-order valence-corrected chi connectivity index (χ2v) is 20.5. The minimum atomic E-state index is -0.211. The minimum Gasteiger partial charge on any atom is -0.457 e. The third-order valence-corrected chi connectivity index (χ3v) is 14.4. The Hall–Kier alpha value is -7.96. The molecule has 0 saturated carbocycles. The lowest BCUT2D eigenvalue weighted by atomic mass is 9.82. The van der Waals surface area contributed by atoms with E-state index in [1.165, 1.54) is 44.6 Å². The number of ether oxygens (including phenoxy) is 1. The Morgan fingerprint density at radius 3 is 1.72 bits per heavy atom. The van der Waals surface area contributed by atoms with Crippen molar-refractivity contribution in [2.45, 2.75) is 79.1 Å². The molecule has 358 valence electrons. The molecule has 8 aromatic carbocycles. The van der Waals surface area contributed by atoms with Crippen LogP contribution in [0.4, 0.5) is 27.1 Å². The van der Waals surface area contributed by atoms with Crippen LogP contribution in [-0.2, 0) is 0 Å². The number of pyridine rings is 1. The first-order valence-electron chi connectivity index (χ1n) is 25.5. The summed E-state index contributed by atoms with van der Waals surface area (Å²) < 4.78 is 24.9. The highest BCUT2D eigenvalue weighted by molar-refractivity contribution is 6.09. The number of para-hydroxylation sites is 3. The Morgan fingerprint density at radius 2 is 1.06 bits per heavy atom. The summed E-state index contributed by atoms with van der Waals surface area (Å²) in [5.74, 6) is 2.95. The first-order valence-corrected chi connectivity index (χ1v) is 25.5. The molecule has 1 aliphatic heterocycles. The van der Waals surface area contributed by atoms with Gasteiger partial charge in [0.2, 0.25) is 0 Å². The molecule has 0 N–H and O–H groups in total. The molecular formula is C66H61FN4O. The summed E-state index contributed by atoms with van der Waals surface area (Å²) >= 11 is 0. The first kappa shape index (κ1) is 46.4. The molecule has 10 aromatic rings. The maximum atomic E-state index is 15.5. The van der Waals surface area contributed by atoms with Gasteiger partial charge in [0.1, 0.15) is 29.8 Å². The molecular weight excluding hydrogens is 884 g/mol. The molecule has 0 saturated heterocycles. The molecule has 1 aliphatic rings. The second-order valence-electron chi connectivity index (χ2n) is 20.5. The average molecular weight is 945 g/mol. The van der Waals surface area contributed by atoms with Crippen molar-refractivity contribution in [1.82, 2.24) is 9.55 Å². The van der Waals surface area contributed by atoms with Crippen LogP contribution >= 0.6 is 0 Å². The predicted molar refractivity (Wildman–Crippen MR) is 300 cm³/mol. The van der Waals surface area contributed by atoms with Crippen molar-refractivity contribution >= 4 is 44.6 Å². The van der Waals surface area contributed by atoms with E-state index in [2.05, 4.69) is 215 Å². The Labute approximate surface area is 423 Å². The molecule has 0 atom stereocenters. The number of anilines is 4. The van der Waals surface area contributed by atoms with Gasteiger partial charge in [0.05, 0.1) is 22.4 Å². The lowest BCUT2D eigenvalue weighted by molar-refractivity contribution is 0.483. The van der Waals surface area contributed by atoms with Crippen LogP contribution in [0.25, 0.3) is 61.0 Å². The molecule has 0 unspecified atom stereocenters. The van der Waals surface area contributed by atoms with Gasteiger partial charge < -0.3 is 14.5 Å². The van der Waals surface area contributed by atoms with E-state index in [0.717, 1.165) is 67.3 Å². The van der Waals surface area contributed by atoms with Crippen LogP contribution in [0.2, 0.25) is 0 Å². The third-order valence-electron chi connectivity index (χ3n) is 14.4. The molecule has 0 fully saturated rings. The number of hydrogen-bond donors (Lipinski definition) is 0. The van der Waals surface area contributed by atoms with Crippen molar-refractivity contribution in [2.24, 2.45) is 0 Å². The molecule has 2 aromatic heterocycles. The van der Waals surface area contributed by atoms with Crippen LogP contribution in [-0.4, -0.2) is 16.2 Å². The van der Waals surface area contributed by atoms with E-state index in [1.807, 2.05) is 30.5 Å². The average Bonchev–Trinajstić information content (AvgIpc) is 3.94. The normalized spacial score (nSPS) is 12.6. The molecule has 5 nitrogen and oxygen atoms in total. The fraction of sp³-hybridized carbons (Fsp3) is 0.197. The molecule has 11 rings (SSSR count). The molecule has 0 spiro atoms. The Balaban J connectivity index is 1.10. The summed E-state index contributed by atoms with van der Waals surface area (Å²) in [4.78, 5) is 9.72. The van der Waals surface area contributed by atoms with Crippen molar-refractivity contribution in [3.05, 3.63) is 216 Å². The van der Waals surface area contributed by atoms with Crippen molar-refractivity contribution in [3.8, 4) is 50.7 Å². The van der Waals surface area contributed by atoms with Gasteiger partial charge in [0, 0.05) is 46.0 Å². The molecule has 0 aliphatic carbocycles. The second kappa shape index (κ2) is 19.0. The van der Waals surface area contributed by atoms with Gasteiger partial charge in [-0.2, -0.15) is 0 Å². The summed E-state index contributed by atoms with van der Waals surface area (Å²) in [6.45, 7) is 18.8. The van der Waals surface area contributed by atoms with Gasteiger partial charge in [-0.05, 0) is 147 Å². The number of benzene rings is 8. The van der Waals surface area contributed by atoms with Crippen LogP contribution in [0.5, 0.6) is 11.5 Å². The number of halogens is 1. The van der Waals surface area contributed by atoms with E-state index in [9.17, 15) is 0 Å². The first-order chi connectivity index (χ1) is 34.9. The van der Waals surface area contributed by atoms with Gasteiger partial charge >= 0.3 is 0 Å². The quantitative estimate of drug-likeness (QED) is 0.122. The summed E-state index contributed by atoms with van der Waals surface area (Å²) in [5.41, 5.74) is 17.8. The Bertz CT molecular complexity index is 3570. The smallest absolute Gasteiger partial charge is 0.137 e. The van der Waals surface area contributed by atoms with E-state index in [-0.39, 0.29) is 29.5 Å². The predicted octanol–water partition coefficient (Wildman–Crippen LogP) is 18.9. The Morgan fingerprint density at radius 1 is 0.458 bits per heavy atom. The van der Waals surface area contributed by atoms with Crippen LogP contribution in [0.1, 0.15) is 101 Å².